The van der Waals surface area contributed by atoms with Crippen molar-refractivity contribution in [2.75, 3.05) is 25.5 Å². The van der Waals surface area contributed by atoms with Gasteiger partial charge in [-0.25, -0.2) is 4.98 Å². The Morgan fingerprint density at radius 2 is 2.32 bits per heavy atom. The molecule has 104 valence electrons. The summed E-state index contributed by atoms with van der Waals surface area (Å²) in [6, 6.07) is 2.07. The second kappa shape index (κ2) is 6.73. The van der Waals surface area contributed by atoms with Crippen LogP contribution >= 0.6 is 11.6 Å². The maximum atomic E-state index is 11.8. The van der Waals surface area contributed by atoms with Crippen molar-refractivity contribution in [2.45, 2.75) is 25.3 Å². The summed E-state index contributed by atoms with van der Waals surface area (Å²) in [6.45, 7) is 2.05. The number of halogens is 1. The van der Waals surface area contributed by atoms with Gasteiger partial charge in [0.2, 0.25) is 0 Å². The highest BCUT2D eigenvalue weighted by Gasteiger charge is 2.16. The van der Waals surface area contributed by atoms with Gasteiger partial charge in [-0.2, -0.15) is 0 Å². The summed E-state index contributed by atoms with van der Waals surface area (Å²) in [7, 11) is 1.61. The van der Waals surface area contributed by atoms with Gasteiger partial charge in [-0.3, -0.25) is 4.79 Å². The van der Waals surface area contributed by atoms with E-state index in [9.17, 15) is 4.79 Å². The fraction of sp³-hybridized carbons (Fsp3) is 0.538. The van der Waals surface area contributed by atoms with Gasteiger partial charge in [-0.15, -0.1) is 0 Å². The molecule has 0 aliphatic carbocycles. The highest BCUT2D eigenvalue weighted by molar-refractivity contribution is 6.29. The minimum absolute atomic E-state index is 0.154. The number of hydrogen-bond acceptors (Lipinski definition) is 4. The van der Waals surface area contributed by atoms with Gasteiger partial charge in [-0.1, -0.05) is 11.6 Å². The molecule has 6 heteroatoms. The van der Waals surface area contributed by atoms with Crippen LogP contribution in [0, 0.1) is 0 Å². The molecule has 1 aromatic heterocycles. The molecule has 2 heterocycles. The maximum Gasteiger partial charge on any atom is 0.254 e. The lowest BCUT2D eigenvalue weighted by Crippen LogP contribution is -2.25. The lowest BCUT2D eigenvalue weighted by atomic mass is 10.1. The van der Waals surface area contributed by atoms with Crippen LogP contribution in [0.1, 0.15) is 29.6 Å². The Morgan fingerprint density at radius 3 is 3.11 bits per heavy atom. The highest BCUT2D eigenvalue weighted by atomic mass is 35.5. The third-order valence-corrected chi connectivity index (χ3v) is 3.48. The molecular formula is C13H19ClN4O. The molecule has 1 atom stereocenters. The molecule has 0 saturated carbocycles. The summed E-state index contributed by atoms with van der Waals surface area (Å²) in [6.07, 6.45) is 4.76. The van der Waals surface area contributed by atoms with E-state index in [-0.39, 0.29) is 5.91 Å². The monoisotopic (exact) mass is 282 g/mol. The fourth-order valence-electron chi connectivity index (χ4n) is 2.25. The van der Waals surface area contributed by atoms with E-state index >= 15 is 0 Å². The van der Waals surface area contributed by atoms with E-state index in [0.717, 1.165) is 38.0 Å². The third-order valence-electron chi connectivity index (χ3n) is 3.28. The van der Waals surface area contributed by atoms with Crippen molar-refractivity contribution in [3.8, 4) is 0 Å². The largest absolute Gasteiger partial charge is 0.381 e. The van der Waals surface area contributed by atoms with Crippen LogP contribution in [0.5, 0.6) is 0 Å². The summed E-state index contributed by atoms with van der Waals surface area (Å²) in [5.74, 6) is -0.154. The average molecular weight is 283 g/mol. The number of rotatable bonds is 3. The zero-order valence-electron chi connectivity index (χ0n) is 11.0. The molecule has 1 aliphatic heterocycles. The van der Waals surface area contributed by atoms with Crippen molar-refractivity contribution < 1.29 is 4.79 Å². The van der Waals surface area contributed by atoms with Gasteiger partial charge in [0, 0.05) is 19.3 Å². The molecule has 0 unspecified atom stereocenters. The Balaban J connectivity index is 2.17. The van der Waals surface area contributed by atoms with Crippen LogP contribution in [0.2, 0.25) is 5.15 Å². The van der Waals surface area contributed by atoms with Crippen molar-refractivity contribution in [3.63, 3.8) is 0 Å². The molecule has 1 saturated heterocycles. The van der Waals surface area contributed by atoms with Gasteiger partial charge >= 0.3 is 0 Å². The quantitative estimate of drug-likeness (QED) is 0.738. The molecule has 5 nitrogen and oxygen atoms in total. The van der Waals surface area contributed by atoms with E-state index in [0.29, 0.717) is 16.8 Å². The number of anilines is 1. The molecule has 1 amide bonds. The average Bonchev–Trinajstić information content (AvgIpc) is 2.67. The molecule has 1 aromatic rings. The molecule has 0 aromatic carbocycles. The Kier molecular flexibility index (Phi) is 4.99. The zero-order chi connectivity index (χ0) is 13.7. The number of nitrogens with zero attached hydrogens (tertiary/aromatic N) is 1. The van der Waals surface area contributed by atoms with Gasteiger partial charge in [0.25, 0.3) is 5.91 Å². The summed E-state index contributed by atoms with van der Waals surface area (Å²) < 4.78 is 0. The van der Waals surface area contributed by atoms with E-state index < -0.39 is 0 Å². The Labute approximate surface area is 118 Å². The first-order chi connectivity index (χ1) is 9.20. The minimum Gasteiger partial charge on any atom is -0.381 e. The van der Waals surface area contributed by atoms with Crippen LogP contribution in [-0.4, -0.2) is 37.1 Å². The zero-order valence-corrected chi connectivity index (χ0v) is 11.8. The number of pyridine rings is 1. The lowest BCUT2D eigenvalue weighted by molar-refractivity contribution is 0.0963. The molecule has 0 bridgehead atoms. The number of carbonyl (C=O) groups excluding carboxylic acids is 1. The Morgan fingerprint density at radius 1 is 1.47 bits per heavy atom. The normalized spacial score (nSPS) is 19.6. The molecule has 3 N–H and O–H groups in total. The van der Waals surface area contributed by atoms with Gasteiger partial charge in [0.05, 0.1) is 11.3 Å². The molecule has 0 spiro atoms. The number of nitrogens with one attached hydrogen (secondary N) is 3. The first-order valence-electron chi connectivity index (χ1n) is 6.55. The van der Waals surface area contributed by atoms with Crippen LogP contribution in [0.15, 0.2) is 12.3 Å². The molecule has 2 rings (SSSR count). The van der Waals surface area contributed by atoms with E-state index in [2.05, 4.69) is 20.9 Å². The SMILES string of the molecule is CNC(=O)c1cnc(Cl)cc1N[C@H]1CCCNCC1. The predicted octanol–water partition coefficient (Wildman–Crippen LogP) is 1.65. The smallest absolute Gasteiger partial charge is 0.254 e. The molecule has 1 fully saturated rings. The van der Waals surface area contributed by atoms with Crippen molar-refractivity contribution in [2.24, 2.45) is 0 Å². The van der Waals surface area contributed by atoms with Crippen LogP contribution < -0.4 is 16.0 Å². The predicted molar refractivity (Wildman–Crippen MR) is 76.8 cm³/mol. The third kappa shape index (κ3) is 3.81. The first kappa shape index (κ1) is 14.1. The standard InChI is InChI=1S/C13H19ClN4O/c1-15-13(19)10-8-17-12(14)7-11(10)18-9-3-2-5-16-6-4-9/h7-9,16H,2-6H2,1H3,(H,15,19)(H,17,18)/t9-/m0/s1. The van der Waals surface area contributed by atoms with Crippen molar-refractivity contribution >= 4 is 23.2 Å². The van der Waals surface area contributed by atoms with Gasteiger partial charge in [0.1, 0.15) is 5.15 Å². The van der Waals surface area contributed by atoms with Gasteiger partial charge in [-0.05, 0) is 38.4 Å². The van der Waals surface area contributed by atoms with Crippen molar-refractivity contribution in [1.82, 2.24) is 15.6 Å². The maximum absolute atomic E-state index is 11.8. The van der Waals surface area contributed by atoms with Crippen molar-refractivity contribution in [3.05, 3.63) is 23.0 Å². The van der Waals surface area contributed by atoms with E-state index in [4.69, 9.17) is 11.6 Å². The van der Waals surface area contributed by atoms with Crippen LogP contribution in [0.3, 0.4) is 0 Å². The summed E-state index contributed by atoms with van der Waals surface area (Å²) >= 11 is 5.92. The molecule has 19 heavy (non-hydrogen) atoms. The first-order valence-corrected chi connectivity index (χ1v) is 6.93. The van der Waals surface area contributed by atoms with E-state index in [1.807, 2.05) is 0 Å². The summed E-state index contributed by atoms with van der Waals surface area (Å²) in [5, 5.41) is 9.79. The summed E-state index contributed by atoms with van der Waals surface area (Å²) in [5.41, 5.74) is 1.29. The van der Waals surface area contributed by atoms with Crippen LogP contribution in [0.25, 0.3) is 0 Å². The number of amides is 1. The second-order valence-corrected chi connectivity index (χ2v) is 5.04. The fourth-order valence-corrected chi connectivity index (χ4v) is 2.41. The molecular weight excluding hydrogens is 264 g/mol. The number of aromatic nitrogens is 1. The van der Waals surface area contributed by atoms with Crippen LogP contribution in [-0.2, 0) is 0 Å². The topological polar surface area (TPSA) is 66.0 Å². The van der Waals surface area contributed by atoms with Gasteiger partial charge < -0.3 is 16.0 Å². The lowest BCUT2D eigenvalue weighted by Gasteiger charge is -2.19. The van der Waals surface area contributed by atoms with E-state index in [1.165, 1.54) is 6.20 Å². The molecule has 0 radical (unpaired) electrons. The summed E-state index contributed by atoms with van der Waals surface area (Å²) in [4.78, 5) is 15.8. The van der Waals surface area contributed by atoms with Gasteiger partial charge in [0.15, 0.2) is 0 Å². The highest BCUT2D eigenvalue weighted by Crippen LogP contribution is 2.21. The number of hydrogen-bond donors (Lipinski definition) is 3. The second-order valence-electron chi connectivity index (χ2n) is 4.65. The van der Waals surface area contributed by atoms with Crippen LogP contribution in [0.4, 0.5) is 5.69 Å². The van der Waals surface area contributed by atoms with E-state index in [1.54, 1.807) is 13.1 Å². The molecule has 1 aliphatic rings. The Hall–Kier alpha value is -1.33. The minimum atomic E-state index is -0.154. The van der Waals surface area contributed by atoms with Crippen molar-refractivity contribution in [1.29, 1.82) is 0 Å². The number of carbonyl (C=O) groups is 1. The Bertz CT molecular complexity index is 444.